The zero-order valence-electron chi connectivity index (χ0n) is 11.2. The first-order valence-electron chi connectivity index (χ1n) is 6.71. The third-order valence-corrected chi connectivity index (χ3v) is 5.77. The van der Waals surface area contributed by atoms with Crippen LogP contribution in [0.1, 0.15) is 25.7 Å². The number of rotatable bonds is 5. The third-order valence-electron chi connectivity index (χ3n) is 4.35. The SMILES string of the molecule is CSC1(CNC(=O)C2CCC2C(=O)O)CCOCC1. The van der Waals surface area contributed by atoms with E-state index in [0.717, 1.165) is 26.1 Å². The standard InChI is InChI=1S/C13H21NO4S/c1-19-13(4-6-18-7-5-13)8-14-11(15)9-2-3-10(9)12(16)17/h9-10H,2-8H2,1H3,(H,14,15)(H,16,17). The van der Waals surface area contributed by atoms with Gasteiger partial charge in [-0.25, -0.2) is 0 Å². The van der Waals surface area contributed by atoms with Crippen molar-refractivity contribution in [1.82, 2.24) is 5.32 Å². The molecule has 1 amide bonds. The van der Waals surface area contributed by atoms with Crippen molar-refractivity contribution < 1.29 is 19.4 Å². The van der Waals surface area contributed by atoms with Crippen molar-refractivity contribution in [3.05, 3.63) is 0 Å². The molecule has 1 saturated heterocycles. The van der Waals surface area contributed by atoms with Crippen molar-refractivity contribution >= 4 is 23.6 Å². The van der Waals surface area contributed by atoms with Crippen LogP contribution in [0.5, 0.6) is 0 Å². The molecule has 1 saturated carbocycles. The smallest absolute Gasteiger partial charge is 0.307 e. The Morgan fingerprint density at radius 1 is 1.32 bits per heavy atom. The minimum atomic E-state index is -0.850. The lowest BCUT2D eigenvalue weighted by atomic mass is 9.73. The van der Waals surface area contributed by atoms with Gasteiger partial charge in [0.2, 0.25) is 5.91 Å². The van der Waals surface area contributed by atoms with Crippen LogP contribution in [0.15, 0.2) is 0 Å². The number of thioether (sulfide) groups is 1. The molecule has 1 heterocycles. The minimum absolute atomic E-state index is 0.0520. The van der Waals surface area contributed by atoms with Crippen LogP contribution in [-0.2, 0) is 14.3 Å². The van der Waals surface area contributed by atoms with Gasteiger partial charge in [0.25, 0.3) is 0 Å². The van der Waals surface area contributed by atoms with Gasteiger partial charge in [0.05, 0.1) is 11.8 Å². The topological polar surface area (TPSA) is 75.6 Å². The number of carboxylic acid groups (broad SMARTS) is 1. The van der Waals surface area contributed by atoms with E-state index in [4.69, 9.17) is 9.84 Å². The van der Waals surface area contributed by atoms with E-state index in [2.05, 4.69) is 11.6 Å². The summed E-state index contributed by atoms with van der Waals surface area (Å²) in [5, 5.41) is 11.9. The number of amides is 1. The zero-order valence-corrected chi connectivity index (χ0v) is 12.0. The van der Waals surface area contributed by atoms with Gasteiger partial charge in [-0.1, -0.05) is 0 Å². The number of carboxylic acids is 1. The fourth-order valence-corrected chi connectivity index (χ4v) is 3.48. The van der Waals surface area contributed by atoms with Gasteiger partial charge in [0, 0.05) is 24.5 Å². The summed E-state index contributed by atoms with van der Waals surface area (Å²) in [6.07, 6.45) is 5.23. The monoisotopic (exact) mass is 287 g/mol. The molecule has 0 aromatic carbocycles. The molecule has 5 nitrogen and oxygen atoms in total. The van der Waals surface area contributed by atoms with Crippen molar-refractivity contribution in [1.29, 1.82) is 0 Å². The van der Waals surface area contributed by atoms with Crippen LogP contribution in [0.2, 0.25) is 0 Å². The van der Waals surface area contributed by atoms with E-state index in [1.165, 1.54) is 0 Å². The molecule has 2 unspecified atom stereocenters. The summed E-state index contributed by atoms with van der Waals surface area (Å²) in [6.45, 7) is 2.08. The molecule has 1 aliphatic carbocycles. The highest BCUT2D eigenvalue weighted by molar-refractivity contribution is 8.00. The zero-order chi connectivity index (χ0) is 13.9. The lowest BCUT2D eigenvalue weighted by Gasteiger charge is -2.37. The van der Waals surface area contributed by atoms with E-state index in [1.54, 1.807) is 11.8 Å². The molecule has 108 valence electrons. The fourth-order valence-electron chi connectivity index (χ4n) is 2.69. The molecule has 0 bridgehead atoms. The van der Waals surface area contributed by atoms with Gasteiger partial charge in [-0.15, -0.1) is 0 Å². The Balaban J connectivity index is 1.84. The highest BCUT2D eigenvalue weighted by Gasteiger charge is 2.42. The molecule has 19 heavy (non-hydrogen) atoms. The van der Waals surface area contributed by atoms with E-state index >= 15 is 0 Å². The molecule has 2 fully saturated rings. The summed E-state index contributed by atoms with van der Waals surface area (Å²) in [6, 6.07) is 0. The Morgan fingerprint density at radius 3 is 2.42 bits per heavy atom. The van der Waals surface area contributed by atoms with Crippen LogP contribution in [0.4, 0.5) is 0 Å². The summed E-state index contributed by atoms with van der Waals surface area (Å²) < 4.78 is 5.41. The van der Waals surface area contributed by atoms with Crippen molar-refractivity contribution in [2.24, 2.45) is 11.8 Å². The van der Waals surface area contributed by atoms with Crippen LogP contribution in [0.25, 0.3) is 0 Å². The second-order valence-electron chi connectivity index (χ2n) is 5.35. The molecule has 0 radical (unpaired) electrons. The summed E-state index contributed by atoms with van der Waals surface area (Å²) in [7, 11) is 0. The van der Waals surface area contributed by atoms with Gasteiger partial charge in [0.1, 0.15) is 0 Å². The molecular formula is C13H21NO4S. The first-order chi connectivity index (χ1) is 9.08. The Kier molecular flexibility index (Phi) is 4.73. The number of hydrogen-bond acceptors (Lipinski definition) is 4. The molecule has 1 aliphatic heterocycles. The molecule has 2 aliphatic rings. The van der Waals surface area contributed by atoms with E-state index in [0.29, 0.717) is 19.4 Å². The van der Waals surface area contributed by atoms with Crippen LogP contribution in [0, 0.1) is 11.8 Å². The van der Waals surface area contributed by atoms with Crippen molar-refractivity contribution in [3.8, 4) is 0 Å². The van der Waals surface area contributed by atoms with E-state index < -0.39 is 11.9 Å². The molecule has 6 heteroatoms. The van der Waals surface area contributed by atoms with Crippen LogP contribution < -0.4 is 5.32 Å². The molecule has 2 rings (SSSR count). The Bertz CT molecular complexity index is 355. The minimum Gasteiger partial charge on any atom is -0.481 e. The largest absolute Gasteiger partial charge is 0.481 e. The van der Waals surface area contributed by atoms with Crippen LogP contribution in [-0.4, -0.2) is 47.7 Å². The predicted octanol–water partition coefficient (Wildman–Crippen LogP) is 1.13. The van der Waals surface area contributed by atoms with E-state index in [1.807, 2.05) is 0 Å². The van der Waals surface area contributed by atoms with Gasteiger partial charge < -0.3 is 15.2 Å². The van der Waals surface area contributed by atoms with Crippen molar-refractivity contribution in [2.75, 3.05) is 26.0 Å². The highest BCUT2D eigenvalue weighted by atomic mass is 32.2. The number of carbonyl (C=O) groups excluding carboxylic acids is 1. The normalized spacial score (nSPS) is 29.3. The highest BCUT2D eigenvalue weighted by Crippen LogP contribution is 2.36. The number of aliphatic carboxylic acids is 1. The van der Waals surface area contributed by atoms with Crippen molar-refractivity contribution in [2.45, 2.75) is 30.4 Å². The maximum absolute atomic E-state index is 12.0. The first-order valence-corrected chi connectivity index (χ1v) is 7.94. The summed E-state index contributed by atoms with van der Waals surface area (Å²) in [4.78, 5) is 22.9. The second-order valence-corrected chi connectivity index (χ2v) is 6.62. The Morgan fingerprint density at radius 2 is 1.95 bits per heavy atom. The lowest BCUT2D eigenvalue weighted by Crippen LogP contribution is -2.49. The molecule has 0 spiro atoms. The average Bonchev–Trinajstić information content (AvgIpc) is 2.35. The van der Waals surface area contributed by atoms with Gasteiger partial charge in [-0.3, -0.25) is 9.59 Å². The third kappa shape index (κ3) is 3.23. The number of carbonyl (C=O) groups is 2. The number of ether oxygens (including phenoxy) is 1. The first kappa shape index (κ1) is 14.7. The summed E-state index contributed by atoms with van der Waals surface area (Å²) in [5.41, 5.74) is 0. The fraction of sp³-hybridized carbons (Fsp3) is 0.846. The lowest BCUT2D eigenvalue weighted by molar-refractivity contribution is -0.152. The quantitative estimate of drug-likeness (QED) is 0.792. The summed E-state index contributed by atoms with van der Waals surface area (Å²) in [5.74, 6) is -1.77. The molecule has 0 aromatic rings. The van der Waals surface area contributed by atoms with Gasteiger partial charge in [0.15, 0.2) is 0 Å². The predicted molar refractivity (Wildman–Crippen MR) is 73.2 cm³/mol. The Hall–Kier alpha value is -0.750. The molecular weight excluding hydrogens is 266 g/mol. The van der Waals surface area contributed by atoms with Crippen LogP contribution in [0.3, 0.4) is 0 Å². The number of nitrogens with one attached hydrogen (secondary N) is 1. The molecule has 2 N–H and O–H groups in total. The maximum Gasteiger partial charge on any atom is 0.307 e. The summed E-state index contributed by atoms with van der Waals surface area (Å²) >= 11 is 1.77. The molecule has 2 atom stereocenters. The second kappa shape index (κ2) is 6.13. The maximum atomic E-state index is 12.0. The van der Waals surface area contributed by atoms with E-state index in [-0.39, 0.29) is 16.6 Å². The van der Waals surface area contributed by atoms with Crippen molar-refractivity contribution in [3.63, 3.8) is 0 Å². The number of hydrogen-bond donors (Lipinski definition) is 2. The van der Waals surface area contributed by atoms with Crippen LogP contribution >= 0.6 is 11.8 Å². The Labute approximate surface area is 117 Å². The molecule has 0 aromatic heterocycles. The average molecular weight is 287 g/mol. The van der Waals surface area contributed by atoms with E-state index in [9.17, 15) is 9.59 Å². The van der Waals surface area contributed by atoms with Gasteiger partial charge in [-0.2, -0.15) is 11.8 Å². The van der Waals surface area contributed by atoms with Gasteiger partial charge in [-0.05, 0) is 31.9 Å². The van der Waals surface area contributed by atoms with Gasteiger partial charge >= 0.3 is 5.97 Å².